The third-order valence-electron chi connectivity index (χ3n) is 11.0. The number of carbonyl (C=O) groups is 1. The Morgan fingerprint density at radius 3 is 2.38 bits per heavy atom. The number of fused-ring (bicyclic) bond motifs is 2. The second kappa shape index (κ2) is 18.8. The number of ether oxygens (including phenoxy) is 3. The second-order valence-electron chi connectivity index (χ2n) is 15.2. The molecule has 1 fully saturated rings. The van der Waals surface area contributed by atoms with E-state index in [0.717, 1.165) is 29.9 Å². The van der Waals surface area contributed by atoms with Crippen molar-refractivity contribution in [3.05, 3.63) is 47.5 Å². The van der Waals surface area contributed by atoms with Crippen molar-refractivity contribution >= 4 is 23.4 Å². The van der Waals surface area contributed by atoms with Crippen LogP contribution in [0, 0.1) is 23.7 Å². The number of benzene rings is 1. The van der Waals surface area contributed by atoms with Crippen molar-refractivity contribution in [3.63, 3.8) is 0 Å². The van der Waals surface area contributed by atoms with E-state index in [2.05, 4.69) is 51.1 Å². The van der Waals surface area contributed by atoms with Gasteiger partial charge in [0, 0.05) is 35.0 Å². The normalized spacial score (nSPS) is 40.7. The zero-order valence-corrected chi connectivity index (χ0v) is 32.0. The molecule has 3 aliphatic heterocycles. The zero-order valence-electron chi connectivity index (χ0n) is 31.2. The Labute approximate surface area is 303 Å². The number of carbonyl (C=O) groups excluding carboxylic acids is 1. The fraction of sp³-hybridized carbons (Fsp3) is 0.744. The van der Waals surface area contributed by atoms with E-state index in [-0.39, 0.29) is 42.1 Å². The largest absolute Gasteiger partial charge is 0.462 e. The van der Waals surface area contributed by atoms with Gasteiger partial charge in [-0.05, 0) is 64.6 Å². The second-order valence-corrected chi connectivity index (χ2v) is 16.4. The van der Waals surface area contributed by atoms with Gasteiger partial charge in [0.15, 0.2) is 6.29 Å². The van der Waals surface area contributed by atoms with Gasteiger partial charge in [-0.1, -0.05) is 69.7 Å². The number of aliphatic imine (C=N–C) groups is 1. The summed E-state index contributed by atoms with van der Waals surface area (Å²) < 4.78 is 18.6. The SMILES string of the molecule is CC[C@H]1OC(=O)C[C@@H](O)[C@H](C)[C@@H](OC2OC(C)C(O)C(N(C)C)C2O)[C@@H](C)C[C@@H](C)C2=NC(Cc3ccccc3)CS[C@@H](C2)/C(C)=C/[C@@H]1CO. The maximum absolute atomic E-state index is 13.3. The summed E-state index contributed by atoms with van der Waals surface area (Å²) in [6, 6.07) is 9.94. The Morgan fingerprint density at radius 1 is 1.04 bits per heavy atom. The number of thioether (sulfide) groups is 1. The molecule has 3 aliphatic rings. The van der Waals surface area contributed by atoms with Gasteiger partial charge >= 0.3 is 5.97 Å². The molecule has 4 rings (SSSR count). The number of hydrogen-bond donors (Lipinski definition) is 4. The lowest BCUT2D eigenvalue weighted by Crippen LogP contribution is -2.63. The fourth-order valence-electron chi connectivity index (χ4n) is 7.90. The molecule has 0 aromatic heterocycles. The third-order valence-corrected chi connectivity index (χ3v) is 12.5. The summed E-state index contributed by atoms with van der Waals surface area (Å²) in [6.07, 6.45) is -1.31. The van der Waals surface area contributed by atoms with E-state index < -0.39 is 60.8 Å². The minimum Gasteiger partial charge on any atom is -0.462 e. The van der Waals surface area contributed by atoms with Gasteiger partial charge in [-0.3, -0.25) is 9.79 Å². The molecule has 1 aromatic rings. The van der Waals surface area contributed by atoms with E-state index >= 15 is 0 Å². The summed E-state index contributed by atoms with van der Waals surface area (Å²) in [4.78, 5) is 20.5. The van der Waals surface area contributed by atoms with Crippen LogP contribution in [-0.4, -0.2) is 124 Å². The topological polar surface area (TPSA) is 141 Å². The van der Waals surface area contributed by atoms with Crippen LogP contribution in [0.15, 0.2) is 47.0 Å². The smallest absolute Gasteiger partial charge is 0.308 e. The van der Waals surface area contributed by atoms with Gasteiger partial charge in [-0.2, -0.15) is 11.8 Å². The molecule has 14 atom stereocenters. The van der Waals surface area contributed by atoms with Crippen LogP contribution in [0.5, 0.6) is 0 Å². The first kappa shape index (κ1) is 40.9. The van der Waals surface area contributed by atoms with Crippen LogP contribution in [0.1, 0.15) is 72.8 Å². The first-order valence-electron chi connectivity index (χ1n) is 18.5. The highest BCUT2D eigenvalue weighted by Gasteiger charge is 2.47. The van der Waals surface area contributed by atoms with Crippen molar-refractivity contribution in [1.82, 2.24) is 4.90 Å². The van der Waals surface area contributed by atoms with Crippen LogP contribution in [0.3, 0.4) is 0 Å². The van der Waals surface area contributed by atoms with Crippen LogP contribution in [-0.2, 0) is 25.4 Å². The number of esters is 1. The van der Waals surface area contributed by atoms with Gasteiger partial charge in [0.2, 0.25) is 0 Å². The predicted octanol–water partition coefficient (Wildman–Crippen LogP) is 4.27. The highest BCUT2D eigenvalue weighted by molar-refractivity contribution is 8.00. The molecule has 3 heterocycles. The fourth-order valence-corrected chi connectivity index (χ4v) is 9.17. The van der Waals surface area contributed by atoms with Gasteiger partial charge in [0.25, 0.3) is 0 Å². The standard InChI is InChI=1S/C39H62N2O8S/c1-9-32-28(20-42)16-23(3)33-18-30(40-29(21-50-33)17-27-13-11-10-12-14-27)22(2)15-24(4)38(25(5)31(43)19-34(44)48-32)49-39-37(46)35(41(7)8)36(45)26(6)47-39/h10-14,16,22,24-26,28-29,31-33,35-39,42-43,45-46H,9,15,17-21H2,1-8H3/b23-16+/t22-,24+,25+,26?,28-,29?,31-,32-,33+,35?,36?,37?,38+,39?/m1/s1. The van der Waals surface area contributed by atoms with Crippen LogP contribution in [0.2, 0.25) is 0 Å². The van der Waals surface area contributed by atoms with Crippen molar-refractivity contribution in [1.29, 1.82) is 0 Å². The number of cyclic esters (lactones) is 1. The van der Waals surface area contributed by atoms with E-state index in [4.69, 9.17) is 19.2 Å². The average Bonchev–Trinajstić information content (AvgIpc) is 3.29. The Bertz CT molecular complexity index is 1280. The molecule has 0 spiro atoms. The van der Waals surface area contributed by atoms with E-state index in [0.29, 0.717) is 12.8 Å². The Hall–Kier alpha value is -1.83. The number of aliphatic hydroxyl groups is 4. The van der Waals surface area contributed by atoms with Gasteiger partial charge in [-0.25, -0.2) is 0 Å². The molecule has 50 heavy (non-hydrogen) atoms. The molecule has 0 radical (unpaired) electrons. The number of rotatable bonds is 7. The summed E-state index contributed by atoms with van der Waals surface area (Å²) in [5, 5.41) is 44.3. The molecule has 282 valence electrons. The molecule has 0 saturated carbocycles. The number of nitrogens with zero attached hydrogens (tertiary/aromatic N) is 2. The monoisotopic (exact) mass is 718 g/mol. The van der Waals surface area contributed by atoms with Gasteiger partial charge in [-0.15, -0.1) is 0 Å². The zero-order chi connectivity index (χ0) is 36.7. The summed E-state index contributed by atoms with van der Waals surface area (Å²) in [5.74, 6) is -0.637. The summed E-state index contributed by atoms with van der Waals surface area (Å²) >= 11 is 1.90. The summed E-state index contributed by atoms with van der Waals surface area (Å²) in [7, 11) is 3.60. The van der Waals surface area contributed by atoms with E-state index in [9.17, 15) is 25.2 Å². The van der Waals surface area contributed by atoms with Crippen LogP contribution >= 0.6 is 11.8 Å². The number of likely N-dealkylation sites (N-methyl/N-ethyl adjacent to an activating group) is 1. The number of aliphatic hydroxyl groups excluding tert-OH is 4. The lowest BCUT2D eigenvalue weighted by molar-refractivity contribution is -0.303. The van der Waals surface area contributed by atoms with E-state index in [1.165, 1.54) is 5.56 Å². The molecule has 6 unspecified atom stereocenters. The van der Waals surface area contributed by atoms with Crippen molar-refractivity contribution in [2.24, 2.45) is 28.7 Å². The average molecular weight is 719 g/mol. The minimum absolute atomic E-state index is 0.0788. The molecule has 0 aliphatic carbocycles. The minimum atomic E-state index is -1.14. The highest BCUT2D eigenvalue weighted by Crippen LogP contribution is 2.36. The molecular weight excluding hydrogens is 657 g/mol. The molecule has 10 nitrogen and oxygen atoms in total. The Kier molecular flexibility index (Phi) is 15.4. The third kappa shape index (κ3) is 10.4. The molecular formula is C39H62N2O8S. The molecule has 1 saturated heterocycles. The van der Waals surface area contributed by atoms with Crippen molar-refractivity contribution in [2.45, 2.75) is 134 Å². The Morgan fingerprint density at radius 2 is 1.74 bits per heavy atom. The molecule has 11 heteroatoms. The highest BCUT2D eigenvalue weighted by atomic mass is 32.2. The lowest BCUT2D eigenvalue weighted by atomic mass is 9.81. The van der Waals surface area contributed by atoms with Crippen LogP contribution < -0.4 is 0 Å². The predicted molar refractivity (Wildman–Crippen MR) is 198 cm³/mol. The molecule has 4 N–H and O–H groups in total. The first-order chi connectivity index (χ1) is 23.7. The molecule has 1 aromatic carbocycles. The maximum atomic E-state index is 13.3. The maximum Gasteiger partial charge on any atom is 0.308 e. The van der Waals surface area contributed by atoms with Crippen LogP contribution in [0.25, 0.3) is 0 Å². The molecule has 2 bridgehead atoms. The first-order valence-corrected chi connectivity index (χ1v) is 19.5. The van der Waals surface area contributed by atoms with Gasteiger partial charge in [0.05, 0.1) is 49.5 Å². The number of hydrogen-bond acceptors (Lipinski definition) is 11. The van der Waals surface area contributed by atoms with Gasteiger partial charge < -0.3 is 39.5 Å². The quantitative estimate of drug-likeness (QED) is 0.239. The van der Waals surface area contributed by atoms with Crippen molar-refractivity contribution in [3.8, 4) is 0 Å². The summed E-state index contributed by atoms with van der Waals surface area (Å²) in [5.41, 5.74) is 3.52. The van der Waals surface area contributed by atoms with Crippen molar-refractivity contribution < 1.29 is 39.4 Å². The van der Waals surface area contributed by atoms with Crippen LogP contribution in [0.4, 0.5) is 0 Å². The molecule has 0 amide bonds. The summed E-state index contributed by atoms with van der Waals surface area (Å²) in [6.45, 7) is 11.8. The van der Waals surface area contributed by atoms with Gasteiger partial charge in [0.1, 0.15) is 12.2 Å². The lowest BCUT2D eigenvalue weighted by Gasteiger charge is -2.46. The van der Waals surface area contributed by atoms with Crippen molar-refractivity contribution in [2.75, 3.05) is 26.5 Å². The van der Waals surface area contributed by atoms with E-state index in [1.54, 1.807) is 25.9 Å². The Balaban J connectivity index is 1.72. The van der Waals surface area contributed by atoms with E-state index in [1.807, 2.05) is 31.7 Å².